The lowest BCUT2D eigenvalue weighted by Gasteiger charge is -2.01. The Kier molecular flexibility index (Phi) is 2.89. The van der Waals surface area contributed by atoms with Gasteiger partial charge in [-0.1, -0.05) is 12.1 Å². The normalized spacial score (nSPS) is 8.92. The number of nitriles is 2. The van der Waals surface area contributed by atoms with Gasteiger partial charge in [-0.3, -0.25) is 0 Å². The van der Waals surface area contributed by atoms with Gasteiger partial charge in [-0.2, -0.15) is 10.5 Å². The Labute approximate surface area is 76.8 Å². The minimum absolute atomic E-state index is 0.114. The molecule has 0 fully saturated rings. The van der Waals surface area contributed by atoms with E-state index in [0.717, 1.165) is 0 Å². The Balaban J connectivity index is 2.94. The molecule has 1 radical (unpaired) electrons. The molecule has 0 atom stereocenters. The molecule has 0 saturated heterocycles. The summed E-state index contributed by atoms with van der Waals surface area (Å²) in [5, 5.41) is 17.1. The zero-order chi connectivity index (χ0) is 9.68. The third kappa shape index (κ3) is 1.98. The molecule has 1 aromatic rings. The van der Waals surface area contributed by atoms with Crippen LogP contribution in [0, 0.1) is 28.6 Å². The minimum Gasteiger partial charge on any atom is -0.497 e. The monoisotopic (exact) mass is 171 g/mol. The summed E-state index contributed by atoms with van der Waals surface area (Å²) in [6.07, 6.45) is 0. The van der Waals surface area contributed by atoms with Crippen LogP contribution in [0.15, 0.2) is 24.3 Å². The summed E-state index contributed by atoms with van der Waals surface area (Å²) in [6.45, 7) is 0. The largest absolute Gasteiger partial charge is 0.497 e. The lowest BCUT2D eigenvalue weighted by Crippen LogP contribution is -1.92. The van der Waals surface area contributed by atoms with Crippen LogP contribution in [0.3, 0.4) is 0 Å². The summed E-state index contributed by atoms with van der Waals surface area (Å²) in [7, 11) is 1.56. The molecule has 0 bridgehead atoms. The molecule has 0 aliphatic carbocycles. The fraction of sp³-hybridized carbons (Fsp3) is 0.100. The van der Waals surface area contributed by atoms with Crippen LogP contribution in [0.1, 0.15) is 5.56 Å². The second-order valence-corrected chi connectivity index (χ2v) is 2.33. The summed E-state index contributed by atoms with van der Waals surface area (Å²) in [5.74, 6) is 0.821. The summed E-state index contributed by atoms with van der Waals surface area (Å²) in [6, 6.07) is 10.4. The van der Waals surface area contributed by atoms with Crippen molar-refractivity contribution in [3.63, 3.8) is 0 Å². The average molecular weight is 171 g/mol. The molecular formula is C10H7N2O. The molecule has 0 amide bonds. The second kappa shape index (κ2) is 4.13. The lowest BCUT2D eigenvalue weighted by atomic mass is 10.0. The van der Waals surface area contributed by atoms with Gasteiger partial charge in [-0.05, 0) is 17.7 Å². The van der Waals surface area contributed by atoms with Gasteiger partial charge in [0.1, 0.15) is 5.75 Å². The summed E-state index contributed by atoms with van der Waals surface area (Å²) in [4.78, 5) is 0. The van der Waals surface area contributed by atoms with Gasteiger partial charge in [-0.15, -0.1) is 0 Å². The second-order valence-electron chi connectivity index (χ2n) is 2.33. The smallest absolute Gasteiger partial charge is 0.204 e. The highest BCUT2D eigenvalue weighted by Crippen LogP contribution is 2.17. The first-order chi connectivity index (χ1) is 6.31. The molecule has 13 heavy (non-hydrogen) atoms. The number of hydrogen-bond acceptors (Lipinski definition) is 3. The molecule has 0 heterocycles. The molecule has 1 aromatic carbocycles. The molecule has 0 aliphatic rings. The van der Waals surface area contributed by atoms with Crippen molar-refractivity contribution in [1.82, 2.24) is 0 Å². The van der Waals surface area contributed by atoms with Crippen molar-refractivity contribution in [2.24, 2.45) is 0 Å². The third-order valence-corrected chi connectivity index (χ3v) is 1.60. The van der Waals surface area contributed by atoms with Gasteiger partial charge >= 0.3 is 0 Å². The Morgan fingerprint density at radius 2 is 1.69 bits per heavy atom. The average Bonchev–Trinajstić information content (AvgIpc) is 2.21. The van der Waals surface area contributed by atoms with Crippen LogP contribution in [0.4, 0.5) is 0 Å². The van der Waals surface area contributed by atoms with Crippen LogP contribution < -0.4 is 4.74 Å². The lowest BCUT2D eigenvalue weighted by molar-refractivity contribution is 0.414. The first kappa shape index (κ1) is 9.09. The number of ether oxygens (including phenoxy) is 1. The predicted octanol–water partition coefficient (Wildman–Crippen LogP) is 1.66. The minimum atomic E-state index is 0.114. The maximum Gasteiger partial charge on any atom is 0.204 e. The van der Waals surface area contributed by atoms with E-state index in [1.54, 1.807) is 31.4 Å². The molecule has 0 aromatic heterocycles. The Bertz CT molecular complexity index is 342. The number of benzene rings is 1. The van der Waals surface area contributed by atoms with E-state index >= 15 is 0 Å². The molecule has 0 unspecified atom stereocenters. The van der Waals surface area contributed by atoms with Crippen molar-refractivity contribution >= 4 is 0 Å². The van der Waals surface area contributed by atoms with E-state index < -0.39 is 0 Å². The van der Waals surface area contributed by atoms with Gasteiger partial charge in [0.05, 0.1) is 19.2 Å². The van der Waals surface area contributed by atoms with Gasteiger partial charge in [0.15, 0.2) is 0 Å². The molecular weight excluding hydrogens is 164 g/mol. The van der Waals surface area contributed by atoms with Crippen LogP contribution in [0.25, 0.3) is 0 Å². The van der Waals surface area contributed by atoms with E-state index in [0.29, 0.717) is 11.3 Å². The molecule has 63 valence electrons. The first-order valence-electron chi connectivity index (χ1n) is 3.63. The van der Waals surface area contributed by atoms with Crippen LogP contribution in [0.2, 0.25) is 0 Å². The fourth-order valence-corrected chi connectivity index (χ4v) is 0.912. The zero-order valence-corrected chi connectivity index (χ0v) is 7.11. The molecule has 3 heteroatoms. The topological polar surface area (TPSA) is 56.8 Å². The summed E-state index contributed by atoms with van der Waals surface area (Å²) in [5.41, 5.74) is 0.616. The zero-order valence-electron chi connectivity index (χ0n) is 7.11. The fourth-order valence-electron chi connectivity index (χ4n) is 0.912. The van der Waals surface area contributed by atoms with E-state index in [1.807, 2.05) is 12.1 Å². The molecule has 3 nitrogen and oxygen atoms in total. The highest BCUT2D eigenvalue weighted by molar-refractivity contribution is 5.48. The highest BCUT2D eigenvalue weighted by atomic mass is 16.5. The quantitative estimate of drug-likeness (QED) is 0.680. The van der Waals surface area contributed by atoms with Crippen molar-refractivity contribution < 1.29 is 4.74 Å². The molecule has 0 N–H and O–H groups in total. The number of nitrogens with zero attached hydrogens (tertiary/aromatic N) is 2. The SMILES string of the molecule is COc1ccc([C](C#N)C#N)cc1. The van der Waals surface area contributed by atoms with E-state index in [-0.39, 0.29) is 5.92 Å². The summed E-state index contributed by atoms with van der Waals surface area (Å²) >= 11 is 0. The van der Waals surface area contributed by atoms with Gasteiger partial charge in [0.25, 0.3) is 0 Å². The maximum absolute atomic E-state index is 8.57. The third-order valence-electron chi connectivity index (χ3n) is 1.60. The predicted molar refractivity (Wildman–Crippen MR) is 46.6 cm³/mol. The molecule has 0 spiro atoms. The number of hydrogen-bond donors (Lipinski definition) is 0. The Morgan fingerprint density at radius 1 is 1.15 bits per heavy atom. The van der Waals surface area contributed by atoms with Crippen molar-refractivity contribution in [2.75, 3.05) is 7.11 Å². The van der Waals surface area contributed by atoms with Crippen molar-refractivity contribution in [1.29, 1.82) is 10.5 Å². The molecule has 0 saturated carbocycles. The van der Waals surface area contributed by atoms with Crippen LogP contribution in [-0.4, -0.2) is 7.11 Å². The first-order valence-corrected chi connectivity index (χ1v) is 3.63. The van der Waals surface area contributed by atoms with Crippen LogP contribution in [-0.2, 0) is 0 Å². The highest BCUT2D eigenvalue weighted by Gasteiger charge is 2.09. The van der Waals surface area contributed by atoms with Gasteiger partial charge < -0.3 is 4.74 Å². The number of methoxy groups -OCH3 is 1. The van der Waals surface area contributed by atoms with Crippen molar-refractivity contribution in [3.8, 4) is 17.9 Å². The standard InChI is InChI=1S/C10H7N2O/c1-13-10-4-2-8(3-5-10)9(6-11)7-12/h2-5H,1H3. The maximum atomic E-state index is 8.57. The Morgan fingerprint density at radius 3 is 2.08 bits per heavy atom. The van der Waals surface area contributed by atoms with E-state index in [1.165, 1.54) is 0 Å². The molecule has 0 aliphatic heterocycles. The van der Waals surface area contributed by atoms with Crippen molar-refractivity contribution in [3.05, 3.63) is 35.7 Å². The Hall–Kier alpha value is -2.00. The van der Waals surface area contributed by atoms with Crippen molar-refractivity contribution in [2.45, 2.75) is 0 Å². The summed E-state index contributed by atoms with van der Waals surface area (Å²) < 4.78 is 4.94. The van der Waals surface area contributed by atoms with Gasteiger partial charge in [-0.25, -0.2) is 0 Å². The van der Waals surface area contributed by atoms with E-state index in [2.05, 4.69) is 0 Å². The van der Waals surface area contributed by atoms with E-state index in [4.69, 9.17) is 15.3 Å². The van der Waals surface area contributed by atoms with Gasteiger partial charge in [0, 0.05) is 0 Å². The molecule has 1 rings (SSSR count). The van der Waals surface area contributed by atoms with Crippen LogP contribution in [0.5, 0.6) is 5.75 Å². The van der Waals surface area contributed by atoms with Crippen LogP contribution >= 0.6 is 0 Å². The number of rotatable bonds is 2. The van der Waals surface area contributed by atoms with Gasteiger partial charge in [0.2, 0.25) is 5.92 Å². The van der Waals surface area contributed by atoms with E-state index in [9.17, 15) is 0 Å².